The predicted molar refractivity (Wildman–Crippen MR) is 82.3 cm³/mol. The van der Waals surface area contributed by atoms with Crippen LogP contribution < -0.4 is 4.72 Å². The van der Waals surface area contributed by atoms with E-state index in [9.17, 15) is 8.42 Å². The van der Waals surface area contributed by atoms with Gasteiger partial charge in [0.2, 0.25) is 0 Å². The molecule has 1 aliphatic rings. The highest BCUT2D eigenvalue weighted by atomic mass is 32.2. The number of rotatable bonds is 4. The summed E-state index contributed by atoms with van der Waals surface area (Å²) >= 11 is 0. The number of aromatic amines is 1. The van der Waals surface area contributed by atoms with Crippen LogP contribution in [0.2, 0.25) is 0 Å². The average molecular weight is 328 g/mol. The zero-order valence-electron chi connectivity index (χ0n) is 11.9. The van der Waals surface area contributed by atoms with E-state index in [1.54, 1.807) is 24.4 Å². The van der Waals surface area contributed by atoms with Crippen molar-refractivity contribution in [2.75, 3.05) is 4.72 Å². The maximum absolute atomic E-state index is 12.5. The van der Waals surface area contributed by atoms with Gasteiger partial charge in [0.1, 0.15) is 6.07 Å². The fourth-order valence-electron chi connectivity index (χ4n) is 2.44. The van der Waals surface area contributed by atoms with Gasteiger partial charge >= 0.3 is 0 Å². The van der Waals surface area contributed by atoms with E-state index in [-0.39, 0.29) is 11.0 Å². The number of nitrogens with one attached hydrogen (secondary N) is 2. The van der Waals surface area contributed by atoms with Gasteiger partial charge in [-0.3, -0.25) is 4.72 Å². The standard InChI is InChI=1S/C15H12N4O3S/c16-6-10-7-17-14-11(10)2-1-3-12(14)19-23(20,21)13-8-18-15(22-13)9-4-5-9/h1-3,7-9,17,19H,4-5H2. The molecule has 1 saturated carbocycles. The van der Waals surface area contributed by atoms with E-state index in [0.29, 0.717) is 28.0 Å². The molecule has 0 amide bonds. The largest absolute Gasteiger partial charge is 0.427 e. The Morgan fingerprint density at radius 3 is 2.96 bits per heavy atom. The van der Waals surface area contributed by atoms with Crippen molar-refractivity contribution in [1.29, 1.82) is 5.26 Å². The van der Waals surface area contributed by atoms with Gasteiger partial charge in [-0.2, -0.15) is 13.7 Å². The fraction of sp³-hybridized carbons (Fsp3) is 0.200. The van der Waals surface area contributed by atoms with Gasteiger partial charge in [0.25, 0.3) is 15.1 Å². The van der Waals surface area contributed by atoms with E-state index in [0.717, 1.165) is 12.8 Å². The average Bonchev–Trinajstić information content (AvgIpc) is 3.10. The quantitative estimate of drug-likeness (QED) is 0.764. The molecule has 2 heterocycles. The van der Waals surface area contributed by atoms with Crippen LogP contribution in [0.5, 0.6) is 0 Å². The lowest BCUT2D eigenvalue weighted by Crippen LogP contribution is -2.12. The molecule has 2 aromatic heterocycles. The van der Waals surface area contributed by atoms with Crippen LogP contribution in [0.15, 0.2) is 40.1 Å². The first-order valence-electron chi connectivity index (χ1n) is 7.07. The zero-order valence-corrected chi connectivity index (χ0v) is 12.7. The smallest absolute Gasteiger partial charge is 0.297 e. The van der Waals surface area contributed by atoms with E-state index in [2.05, 4.69) is 20.8 Å². The highest BCUT2D eigenvalue weighted by Crippen LogP contribution is 2.40. The number of aromatic nitrogens is 2. The monoisotopic (exact) mass is 328 g/mol. The first-order chi connectivity index (χ1) is 11.1. The molecule has 0 spiro atoms. The van der Waals surface area contributed by atoms with E-state index in [1.165, 1.54) is 6.20 Å². The number of oxazole rings is 1. The van der Waals surface area contributed by atoms with E-state index >= 15 is 0 Å². The molecule has 3 aromatic rings. The molecule has 1 aromatic carbocycles. The summed E-state index contributed by atoms with van der Waals surface area (Å²) in [4.78, 5) is 6.95. The van der Waals surface area contributed by atoms with Crippen LogP contribution in [0.4, 0.5) is 5.69 Å². The van der Waals surface area contributed by atoms with Crippen LogP contribution in [0.25, 0.3) is 10.9 Å². The second-order valence-corrected chi connectivity index (χ2v) is 7.05. The molecule has 0 radical (unpaired) electrons. The number of sulfonamides is 1. The third-order valence-corrected chi connectivity index (χ3v) is 4.98. The fourth-order valence-corrected chi connectivity index (χ4v) is 3.39. The first-order valence-corrected chi connectivity index (χ1v) is 8.55. The van der Waals surface area contributed by atoms with Crippen LogP contribution in [-0.4, -0.2) is 18.4 Å². The Kier molecular flexibility index (Phi) is 2.92. The molecule has 0 aliphatic heterocycles. The minimum atomic E-state index is -3.87. The van der Waals surface area contributed by atoms with Gasteiger partial charge in [0, 0.05) is 17.5 Å². The maximum Gasteiger partial charge on any atom is 0.297 e. The number of para-hydroxylation sites is 1. The summed E-state index contributed by atoms with van der Waals surface area (Å²) in [6, 6.07) is 7.12. The topological polar surface area (TPSA) is 112 Å². The van der Waals surface area contributed by atoms with Crippen molar-refractivity contribution in [1.82, 2.24) is 9.97 Å². The van der Waals surface area contributed by atoms with Crippen molar-refractivity contribution >= 4 is 26.6 Å². The Bertz CT molecular complexity index is 1040. The van der Waals surface area contributed by atoms with Crippen molar-refractivity contribution in [2.24, 2.45) is 0 Å². The molecule has 0 atom stereocenters. The van der Waals surface area contributed by atoms with Gasteiger partial charge in [0.05, 0.1) is 23.0 Å². The van der Waals surface area contributed by atoms with Crippen LogP contribution in [0, 0.1) is 11.3 Å². The zero-order chi connectivity index (χ0) is 16.0. The molecule has 7 nitrogen and oxygen atoms in total. The van der Waals surface area contributed by atoms with E-state index in [4.69, 9.17) is 9.68 Å². The van der Waals surface area contributed by atoms with Crippen LogP contribution >= 0.6 is 0 Å². The third-order valence-electron chi connectivity index (χ3n) is 3.77. The molecule has 0 saturated heterocycles. The minimum absolute atomic E-state index is 0.205. The normalized spacial score (nSPS) is 14.7. The van der Waals surface area contributed by atoms with Crippen molar-refractivity contribution < 1.29 is 12.8 Å². The number of nitriles is 1. The van der Waals surface area contributed by atoms with Gasteiger partial charge in [-0.15, -0.1) is 0 Å². The minimum Gasteiger partial charge on any atom is -0.427 e. The number of hydrogen-bond donors (Lipinski definition) is 2. The van der Waals surface area contributed by atoms with Gasteiger partial charge in [-0.05, 0) is 18.9 Å². The van der Waals surface area contributed by atoms with Crippen LogP contribution in [0.1, 0.15) is 30.2 Å². The Hall–Kier alpha value is -2.79. The summed E-state index contributed by atoms with van der Waals surface area (Å²) < 4.78 is 32.8. The molecule has 0 bridgehead atoms. The Morgan fingerprint density at radius 2 is 2.22 bits per heavy atom. The molecule has 23 heavy (non-hydrogen) atoms. The molecule has 1 aliphatic carbocycles. The number of benzene rings is 1. The summed E-state index contributed by atoms with van der Waals surface area (Å²) in [5.41, 5.74) is 1.36. The lowest BCUT2D eigenvalue weighted by atomic mass is 10.2. The molecule has 2 N–H and O–H groups in total. The highest BCUT2D eigenvalue weighted by Gasteiger charge is 2.31. The molecule has 8 heteroatoms. The number of H-pyrrole nitrogens is 1. The second kappa shape index (κ2) is 4.86. The van der Waals surface area contributed by atoms with Crippen molar-refractivity contribution in [3.8, 4) is 6.07 Å². The molecule has 1 fully saturated rings. The van der Waals surface area contributed by atoms with Crippen molar-refractivity contribution in [3.05, 3.63) is 42.0 Å². The van der Waals surface area contributed by atoms with Crippen LogP contribution in [-0.2, 0) is 10.0 Å². The summed E-state index contributed by atoms with van der Waals surface area (Å²) in [5, 5.41) is 9.51. The predicted octanol–water partition coefficient (Wildman–Crippen LogP) is 2.71. The van der Waals surface area contributed by atoms with E-state index in [1.807, 2.05) is 0 Å². The maximum atomic E-state index is 12.5. The number of hydrogen-bond acceptors (Lipinski definition) is 5. The second-order valence-electron chi connectivity index (χ2n) is 5.44. The number of anilines is 1. The third kappa shape index (κ3) is 2.35. The molecule has 0 unspecified atom stereocenters. The Labute approximate surface area is 132 Å². The van der Waals surface area contributed by atoms with E-state index < -0.39 is 10.0 Å². The van der Waals surface area contributed by atoms with Gasteiger partial charge < -0.3 is 9.40 Å². The highest BCUT2D eigenvalue weighted by molar-refractivity contribution is 7.92. The van der Waals surface area contributed by atoms with Crippen molar-refractivity contribution in [3.63, 3.8) is 0 Å². The molecular formula is C15H12N4O3S. The number of fused-ring (bicyclic) bond motifs is 1. The van der Waals surface area contributed by atoms with Gasteiger partial charge in [0.15, 0.2) is 5.89 Å². The SMILES string of the molecule is N#Cc1c[nH]c2c(NS(=O)(=O)c3cnc(C4CC4)o3)cccc12. The lowest BCUT2D eigenvalue weighted by molar-refractivity contribution is 0.410. The summed E-state index contributed by atoms with van der Waals surface area (Å²) in [7, 11) is -3.87. The molecule has 116 valence electrons. The summed E-state index contributed by atoms with van der Waals surface area (Å²) in [5.74, 6) is 0.708. The first kappa shape index (κ1) is 13.8. The van der Waals surface area contributed by atoms with Crippen molar-refractivity contribution in [2.45, 2.75) is 23.9 Å². The molecule has 4 rings (SSSR count). The van der Waals surface area contributed by atoms with Gasteiger partial charge in [-0.25, -0.2) is 4.98 Å². The van der Waals surface area contributed by atoms with Crippen LogP contribution in [0.3, 0.4) is 0 Å². The summed E-state index contributed by atoms with van der Waals surface area (Å²) in [6.45, 7) is 0. The lowest BCUT2D eigenvalue weighted by Gasteiger charge is -2.06. The molecular weight excluding hydrogens is 316 g/mol. The Morgan fingerprint density at radius 1 is 1.39 bits per heavy atom. The van der Waals surface area contributed by atoms with Gasteiger partial charge in [-0.1, -0.05) is 12.1 Å². The number of nitrogens with zero attached hydrogens (tertiary/aromatic N) is 2. The Balaban J connectivity index is 1.71. The summed E-state index contributed by atoms with van der Waals surface area (Å²) in [6.07, 6.45) is 4.73.